The molecule has 0 aliphatic carbocycles. The zero-order chi connectivity index (χ0) is 10.4. The van der Waals surface area contributed by atoms with Gasteiger partial charge in [0.05, 0.1) is 6.54 Å². The number of carbonyl (C=O) groups is 1. The number of carbonyl (C=O) groups excluding carboxylic acids is 1. The standard InChI is InChI=1S/C11H18N2O/c1-10(9-11(12)14)5-4-8-13-6-2-3-7-13/h10H,2-3,6-9H2,1H3,(H2,12,14). The number of hydrogen-bond acceptors (Lipinski definition) is 2. The lowest BCUT2D eigenvalue weighted by molar-refractivity contribution is -0.118. The van der Waals surface area contributed by atoms with Gasteiger partial charge in [-0.3, -0.25) is 9.69 Å². The summed E-state index contributed by atoms with van der Waals surface area (Å²) in [6, 6.07) is 0. The summed E-state index contributed by atoms with van der Waals surface area (Å²) < 4.78 is 0. The lowest BCUT2D eigenvalue weighted by atomic mass is 10.1. The van der Waals surface area contributed by atoms with Crippen LogP contribution in [0.5, 0.6) is 0 Å². The normalized spacial score (nSPS) is 18.6. The average Bonchev–Trinajstić information content (AvgIpc) is 2.55. The molecule has 0 bridgehead atoms. The summed E-state index contributed by atoms with van der Waals surface area (Å²) in [6.07, 6.45) is 2.95. The second-order valence-electron chi connectivity index (χ2n) is 3.88. The SMILES string of the molecule is CC(C#CCN1CCCC1)CC(N)=O. The molecule has 0 aromatic rings. The van der Waals surface area contributed by atoms with Crippen molar-refractivity contribution >= 4 is 5.91 Å². The van der Waals surface area contributed by atoms with Crippen LogP contribution in [-0.2, 0) is 4.79 Å². The Hall–Kier alpha value is -1.01. The van der Waals surface area contributed by atoms with E-state index in [1.807, 2.05) is 6.92 Å². The van der Waals surface area contributed by atoms with E-state index in [1.54, 1.807) is 0 Å². The summed E-state index contributed by atoms with van der Waals surface area (Å²) in [5, 5.41) is 0. The summed E-state index contributed by atoms with van der Waals surface area (Å²) in [6.45, 7) is 5.10. The second-order valence-corrected chi connectivity index (χ2v) is 3.88. The predicted octanol–water partition coefficient (Wildman–Crippen LogP) is 0.597. The molecule has 1 aliphatic heterocycles. The molecule has 1 atom stereocenters. The van der Waals surface area contributed by atoms with Gasteiger partial charge in [-0.05, 0) is 25.9 Å². The number of amides is 1. The molecule has 3 heteroatoms. The van der Waals surface area contributed by atoms with Crippen molar-refractivity contribution in [1.82, 2.24) is 4.90 Å². The van der Waals surface area contributed by atoms with Gasteiger partial charge in [0, 0.05) is 12.3 Å². The van der Waals surface area contributed by atoms with E-state index in [9.17, 15) is 4.79 Å². The van der Waals surface area contributed by atoms with Crippen molar-refractivity contribution in [3.05, 3.63) is 0 Å². The fourth-order valence-corrected chi connectivity index (χ4v) is 1.63. The maximum atomic E-state index is 10.6. The molecule has 0 aromatic heterocycles. The molecule has 0 aromatic carbocycles. The molecule has 1 fully saturated rings. The van der Waals surface area contributed by atoms with E-state index < -0.39 is 0 Å². The smallest absolute Gasteiger partial charge is 0.218 e. The Morgan fingerprint density at radius 3 is 2.71 bits per heavy atom. The third-order valence-electron chi connectivity index (χ3n) is 2.36. The minimum Gasteiger partial charge on any atom is -0.370 e. The third kappa shape index (κ3) is 4.29. The van der Waals surface area contributed by atoms with Gasteiger partial charge in [-0.1, -0.05) is 18.8 Å². The molecule has 0 spiro atoms. The Labute approximate surface area is 85.6 Å². The van der Waals surface area contributed by atoms with Crippen molar-refractivity contribution in [2.24, 2.45) is 11.7 Å². The van der Waals surface area contributed by atoms with E-state index in [4.69, 9.17) is 5.73 Å². The highest BCUT2D eigenvalue weighted by Crippen LogP contribution is 2.05. The van der Waals surface area contributed by atoms with Gasteiger partial charge in [-0.15, -0.1) is 0 Å². The molecule has 0 radical (unpaired) electrons. The Kier molecular flexibility index (Phi) is 4.48. The molecule has 0 saturated carbocycles. The van der Waals surface area contributed by atoms with Crippen LogP contribution in [0.25, 0.3) is 0 Å². The predicted molar refractivity (Wildman–Crippen MR) is 56.4 cm³/mol. The zero-order valence-electron chi connectivity index (χ0n) is 8.75. The van der Waals surface area contributed by atoms with Crippen LogP contribution in [0.15, 0.2) is 0 Å². The molecule has 14 heavy (non-hydrogen) atoms. The number of primary amides is 1. The molecular formula is C11H18N2O. The summed E-state index contributed by atoms with van der Waals surface area (Å²) in [7, 11) is 0. The van der Waals surface area contributed by atoms with E-state index in [0.717, 1.165) is 6.54 Å². The van der Waals surface area contributed by atoms with E-state index in [-0.39, 0.29) is 11.8 Å². The van der Waals surface area contributed by atoms with E-state index >= 15 is 0 Å². The van der Waals surface area contributed by atoms with Gasteiger partial charge in [0.15, 0.2) is 0 Å². The fraction of sp³-hybridized carbons (Fsp3) is 0.727. The summed E-state index contributed by atoms with van der Waals surface area (Å²) in [5.74, 6) is 5.97. The summed E-state index contributed by atoms with van der Waals surface area (Å²) in [4.78, 5) is 12.9. The zero-order valence-corrected chi connectivity index (χ0v) is 8.75. The Morgan fingerprint density at radius 1 is 1.50 bits per heavy atom. The quantitative estimate of drug-likeness (QED) is 0.669. The highest BCUT2D eigenvalue weighted by molar-refractivity contribution is 5.74. The molecular weight excluding hydrogens is 176 g/mol. The molecule has 1 aliphatic rings. The van der Waals surface area contributed by atoms with Gasteiger partial charge in [-0.2, -0.15) is 0 Å². The van der Waals surface area contributed by atoms with Gasteiger partial charge in [0.25, 0.3) is 0 Å². The highest BCUT2D eigenvalue weighted by Gasteiger charge is 2.09. The Bertz CT molecular complexity index is 246. The first kappa shape index (κ1) is 11.1. The van der Waals surface area contributed by atoms with E-state index in [1.165, 1.54) is 25.9 Å². The molecule has 78 valence electrons. The molecule has 1 heterocycles. The second kappa shape index (κ2) is 5.66. The van der Waals surface area contributed by atoms with E-state index in [2.05, 4.69) is 16.7 Å². The first-order valence-corrected chi connectivity index (χ1v) is 5.17. The Morgan fingerprint density at radius 2 is 2.14 bits per heavy atom. The first-order chi connectivity index (χ1) is 6.68. The number of rotatable bonds is 3. The molecule has 1 amide bonds. The highest BCUT2D eigenvalue weighted by atomic mass is 16.1. The third-order valence-corrected chi connectivity index (χ3v) is 2.36. The molecule has 1 rings (SSSR count). The number of hydrogen-bond donors (Lipinski definition) is 1. The summed E-state index contributed by atoms with van der Waals surface area (Å²) >= 11 is 0. The molecule has 3 nitrogen and oxygen atoms in total. The van der Waals surface area contributed by atoms with Gasteiger partial charge >= 0.3 is 0 Å². The van der Waals surface area contributed by atoms with Crippen LogP contribution in [-0.4, -0.2) is 30.4 Å². The van der Waals surface area contributed by atoms with Crippen LogP contribution < -0.4 is 5.73 Å². The lowest BCUT2D eigenvalue weighted by Gasteiger charge is -2.08. The van der Waals surface area contributed by atoms with Crippen LogP contribution in [0, 0.1) is 17.8 Å². The topological polar surface area (TPSA) is 46.3 Å². The van der Waals surface area contributed by atoms with Crippen molar-refractivity contribution in [3.63, 3.8) is 0 Å². The van der Waals surface area contributed by atoms with Crippen molar-refractivity contribution in [3.8, 4) is 11.8 Å². The van der Waals surface area contributed by atoms with Crippen molar-refractivity contribution in [2.45, 2.75) is 26.2 Å². The van der Waals surface area contributed by atoms with Crippen LogP contribution in [0.3, 0.4) is 0 Å². The molecule has 1 saturated heterocycles. The van der Waals surface area contributed by atoms with Gasteiger partial charge in [0.1, 0.15) is 0 Å². The van der Waals surface area contributed by atoms with E-state index in [0.29, 0.717) is 6.42 Å². The minimum absolute atomic E-state index is 0.0927. The maximum Gasteiger partial charge on any atom is 0.218 e. The maximum absolute atomic E-state index is 10.6. The van der Waals surface area contributed by atoms with Crippen molar-refractivity contribution in [1.29, 1.82) is 0 Å². The molecule has 2 N–H and O–H groups in total. The van der Waals surface area contributed by atoms with Gasteiger partial charge in [0.2, 0.25) is 5.91 Å². The largest absolute Gasteiger partial charge is 0.370 e. The van der Waals surface area contributed by atoms with Crippen molar-refractivity contribution in [2.75, 3.05) is 19.6 Å². The number of likely N-dealkylation sites (tertiary alicyclic amines) is 1. The van der Waals surface area contributed by atoms with Crippen LogP contribution >= 0.6 is 0 Å². The van der Waals surface area contributed by atoms with Gasteiger partial charge in [-0.25, -0.2) is 0 Å². The number of nitrogens with two attached hydrogens (primary N) is 1. The molecule has 1 unspecified atom stereocenters. The monoisotopic (exact) mass is 194 g/mol. The van der Waals surface area contributed by atoms with Gasteiger partial charge < -0.3 is 5.73 Å². The first-order valence-electron chi connectivity index (χ1n) is 5.17. The van der Waals surface area contributed by atoms with Crippen molar-refractivity contribution < 1.29 is 4.79 Å². The number of nitrogens with zero attached hydrogens (tertiary/aromatic N) is 1. The lowest BCUT2D eigenvalue weighted by Crippen LogP contribution is -2.19. The minimum atomic E-state index is -0.270. The van der Waals surface area contributed by atoms with Crippen LogP contribution in [0.2, 0.25) is 0 Å². The Balaban J connectivity index is 2.21. The summed E-state index contributed by atoms with van der Waals surface area (Å²) in [5.41, 5.74) is 5.07. The fourth-order valence-electron chi connectivity index (χ4n) is 1.63. The average molecular weight is 194 g/mol. The van der Waals surface area contributed by atoms with Crippen LogP contribution in [0.1, 0.15) is 26.2 Å². The van der Waals surface area contributed by atoms with Crippen LogP contribution in [0.4, 0.5) is 0 Å².